The molecule has 23 heavy (non-hydrogen) atoms. The minimum Gasteiger partial charge on any atom is -0.493 e. The third kappa shape index (κ3) is 1.42. The monoisotopic (exact) mass is 329 g/mol. The minimum atomic E-state index is -0.431. The zero-order valence-electron chi connectivity index (χ0n) is 13.6. The summed E-state index contributed by atoms with van der Waals surface area (Å²) in [5.41, 5.74) is 3.63. The van der Waals surface area contributed by atoms with Crippen LogP contribution in [0.15, 0.2) is 34.9 Å². The lowest BCUT2D eigenvalue weighted by Crippen LogP contribution is -2.62. The molecule has 2 bridgehead atoms. The van der Waals surface area contributed by atoms with Crippen molar-refractivity contribution >= 4 is 11.6 Å². The van der Waals surface area contributed by atoms with Crippen molar-refractivity contribution in [2.75, 3.05) is 20.7 Å². The Kier molecular flexibility index (Phi) is 2.51. The fourth-order valence-electron chi connectivity index (χ4n) is 5.32. The van der Waals surface area contributed by atoms with Gasteiger partial charge < -0.3 is 9.47 Å². The van der Waals surface area contributed by atoms with E-state index in [0.29, 0.717) is 6.04 Å². The van der Waals surface area contributed by atoms with Crippen LogP contribution in [-0.4, -0.2) is 37.2 Å². The molecule has 4 aliphatic rings. The van der Waals surface area contributed by atoms with Crippen LogP contribution in [0.3, 0.4) is 0 Å². The first-order chi connectivity index (χ1) is 11.0. The van der Waals surface area contributed by atoms with Crippen molar-refractivity contribution in [2.45, 2.75) is 36.8 Å². The molecule has 1 spiro atoms. The van der Waals surface area contributed by atoms with E-state index in [1.165, 1.54) is 16.7 Å². The molecule has 2 heterocycles. The second-order valence-corrected chi connectivity index (χ2v) is 7.76. The summed E-state index contributed by atoms with van der Waals surface area (Å²) in [4.78, 5) is 2.46. The lowest BCUT2D eigenvalue weighted by Gasteiger charge is -2.55. The maximum absolute atomic E-state index is 6.55. The number of rotatable bonds is 1. The Labute approximate surface area is 141 Å². The Morgan fingerprint density at radius 3 is 3.00 bits per heavy atom. The van der Waals surface area contributed by atoms with Gasteiger partial charge in [0, 0.05) is 16.6 Å². The van der Waals surface area contributed by atoms with Crippen LogP contribution in [-0.2, 0) is 11.8 Å². The van der Waals surface area contributed by atoms with Crippen molar-refractivity contribution in [2.24, 2.45) is 0 Å². The molecule has 0 amide bonds. The summed E-state index contributed by atoms with van der Waals surface area (Å²) in [6, 6.07) is 4.67. The Bertz CT molecular complexity index is 799. The number of piperidine rings is 1. The molecule has 1 fully saturated rings. The van der Waals surface area contributed by atoms with E-state index in [1.807, 2.05) is 6.07 Å². The highest BCUT2D eigenvalue weighted by Gasteiger charge is 2.65. The van der Waals surface area contributed by atoms with Gasteiger partial charge in [-0.1, -0.05) is 17.7 Å². The van der Waals surface area contributed by atoms with E-state index in [4.69, 9.17) is 21.1 Å². The van der Waals surface area contributed by atoms with Crippen LogP contribution < -0.4 is 9.47 Å². The van der Waals surface area contributed by atoms with E-state index in [2.05, 4.69) is 37.1 Å². The fraction of sp³-hybridized carbons (Fsp3) is 0.474. The van der Waals surface area contributed by atoms with Crippen molar-refractivity contribution in [1.82, 2.24) is 4.90 Å². The fourth-order valence-corrected chi connectivity index (χ4v) is 5.65. The van der Waals surface area contributed by atoms with Crippen molar-refractivity contribution < 1.29 is 9.47 Å². The molecular formula is C19H20ClNO2. The number of methoxy groups -OCH3 is 1. The Morgan fingerprint density at radius 2 is 2.22 bits per heavy atom. The van der Waals surface area contributed by atoms with Crippen molar-refractivity contribution in [3.05, 3.63) is 46.0 Å². The summed E-state index contributed by atoms with van der Waals surface area (Å²) < 4.78 is 12.1. The van der Waals surface area contributed by atoms with E-state index >= 15 is 0 Å². The molecule has 1 aromatic carbocycles. The minimum absolute atomic E-state index is 0.0972. The number of hydrogen-bond acceptors (Lipinski definition) is 3. The van der Waals surface area contributed by atoms with Gasteiger partial charge in [0.2, 0.25) is 0 Å². The predicted molar refractivity (Wildman–Crippen MR) is 90.5 cm³/mol. The molecule has 2 aliphatic heterocycles. The first kappa shape index (κ1) is 13.9. The van der Waals surface area contributed by atoms with Crippen LogP contribution in [0.1, 0.15) is 24.5 Å². The number of likely N-dealkylation sites (N-methyl/N-ethyl adjacent to an activating group) is 1. The number of ether oxygens (including phenoxy) is 2. The van der Waals surface area contributed by atoms with Gasteiger partial charge in [-0.3, -0.25) is 4.90 Å². The molecule has 1 saturated heterocycles. The number of allylic oxidation sites excluding steroid dienone is 2. The van der Waals surface area contributed by atoms with E-state index in [0.717, 1.165) is 35.9 Å². The van der Waals surface area contributed by atoms with Crippen molar-refractivity contribution in [3.63, 3.8) is 0 Å². The Morgan fingerprint density at radius 1 is 1.39 bits per heavy atom. The van der Waals surface area contributed by atoms with Crippen LogP contribution in [0.4, 0.5) is 0 Å². The summed E-state index contributed by atoms with van der Waals surface area (Å²) in [6.45, 7) is 3.25. The molecule has 0 N–H and O–H groups in total. The SMILES string of the molecule is COc1ccc2c3c1OC1(C)C=C(Cl)C=C4C(C2)N(C)CCC431. The smallest absolute Gasteiger partial charge is 0.167 e. The summed E-state index contributed by atoms with van der Waals surface area (Å²) >= 11 is 6.49. The first-order valence-corrected chi connectivity index (χ1v) is 8.58. The molecule has 5 rings (SSSR count). The third-order valence-corrected chi connectivity index (χ3v) is 6.58. The molecule has 3 unspecified atom stereocenters. The molecule has 0 radical (unpaired) electrons. The largest absolute Gasteiger partial charge is 0.493 e. The van der Waals surface area contributed by atoms with Gasteiger partial charge in [0.15, 0.2) is 11.5 Å². The number of nitrogens with zero attached hydrogens (tertiary/aromatic N) is 1. The van der Waals surface area contributed by atoms with Crippen LogP contribution in [0.2, 0.25) is 0 Å². The van der Waals surface area contributed by atoms with E-state index < -0.39 is 5.60 Å². The Balaban J connectivity index is 1.89. The van der Waals surface area contributed by atoms with Gasteiger partial charge in [0.05, 0.1) is 12.5 Å². The number of benzene rings is 1. The summed E-state index contributed by atoms with van der Waals surface area (Å²) in [7, 11) is 3.93. The van der Waals surface area contributed by atoms with Gasteiger partial charge in [0.25, 0.3) is 0 Å². The maximum Gasteiger partial charge on any atom is 0.167 e. The van der Waals surface area contributed by atoms with Crippen molar-refractivity contribution in [3.8, 4) is 11.5 Å². The quantitative estimate of drug-likeness (QED) is 0.788. The molecular weight excluding hydrogens is 310 g/mol. The van der Waals surface area contributed by atoms with Gasteiger partial charge >= 0.3 is 0 Å². The second kappa shape index (κ2) is 4.14. The first-order valence-electron chi connectivity index (χ1n) is 8.20. The molecule has 1 aromatic rings. The summed E-state index contributed by atoms with van der Waals surface area (Å²) in [5.74, 6) is 1.75. The highest BCUT2D eigenvalue weighted by Crippen LogP contribution is 2.65. The number of likely N-dealkylation sites (tertiary alicyclic amines) is 1. The second-order valence-electron chi connectivity index (χ2n) is 7.32. The van der Waals surface area contributed by atoms with Crippen LogP contribution >= 0.6 is 11.6 Å². The van der Waals surface area contributed by atoms with E-state index in [-0.39, 0.29) is 5.41 Å². The van der Waals surface area contributed by atoms with Crippen LogP contribution in [0, 0.1) is 0 Å². The normalized spacial score (nSPS) is 36.8. The van der Waals surface area contributed by atoms with Crippen molar-refractivity contribution in [1.29, 1.82) is 0 Å². The number of hydrogen-bond donors (Lipinski definition) is 0. The molecule has 4 heteroatoms. The average molecular weight is 330 g/mol. The molecule has 120 valence electrons. The van der Waals surface area contributed by atoms with Gasteiger partial charge in [-0.25, -0.2) is 0 Å². The van der Waals surface area contributed by atoms with Crippen LogP contribution in [0.25, 0.3) is 0 Å². The standard InChI is InChI=1S/C19H20ClNO2/c1-18-10-12(20)9-13-14-8-11-4-5-15(22-3)17(23-18)16(11)19(13,18)6-7-21(14)2/h4-5,9-10,14H,6-8H2,1-3H3. The molecule has 2 aliphatic carbocycles. The van der Waals surface area contributed by atoms with E-state index in [9.17, 15) is 0 Å². The van der Waals surface area contributed by atoms with Gasteiger partial charge in [0.1, 0.15) is 5.60 Å². The topological polar surface area (TPSA) is 21.7 Å². The highest BCUT2D eigenvalue weighted by molar-refractivity contribution is 6.31. The number of halogens is 1. The van der Waals surface area contributed by atoms with Gasteiger partial charge in [-0.15, -0.1) is 0 Å². The average Bonchev–Trinajstić information content (AvgIpc) is 2.77. The van der Waals surface area contributed by atoms with E-state index in [1.54, 1.807) is 7.11 Å². The highest BCUT2D eigenvalue weighted by atomic mass is 35.5. The maximum atomic E-state index is 6.55. The summed E-state index contributed by atoms with van der Waals surface area (Å²) in [5, 5.41) is 0.786. The lowest BCUT2D eigenvalue weighted by molar-refractivity contribution is 0.0496. The third-order valence-electron chi connectivity index (χ3n) is 6.36. The van der Waals surface area contributed by atoms with Gasteiger partial charge in [-0.05, 0) is 62.7 Å². The Hall–Kier alpha value is -1.45. The van der Waals surface area contributed by atoms with Gasteiger partial charge in [-0.2, -0.15) is 0 Å². The predicted octanol–water partition coefficient (Wildman–Crippen LogP) is 3.41. The molecule has 0 saturated carbocycles. The summed E-state index contributed by atoms with van der Waals surface area (Å²) in [6.07, 6.45) is 6.34. The molecule has 3 atom stereocenters. The molecule has 0 aromatic heterocycles. The zero-order chi connectivity index (χ0) is 16.0. The lowest BCUT2D eigenvalue weighted by atomic mass is 9.53. The van der Waals surface area contributed by atoms with Crippen LogP contribution in [0.5, 0.6) is 11.5 Å². The zero-order valence-corrected chi connectivity index (χ0v) is 14.4. The molecule has 3 nitrogen and oxygen atoms in total.